The van der Waals surface area contributed by atoms with Crippen LogP contribution in [0, 0.1) is 11.3 Å². The van der Waals surface area contributed by atoms with Gasteiger partial charge in [-0.1, -0.05) is 0 Å². The summed E-state index contributed by atoms with van der Waals surface area (Å²) in [5, 5.41) is 17.4. The maximum atomic E-state index is 9.17. The van der Waals surface area contributed by atoms with Crippen LogP contribution in [0.25, 0.3) is 0 Å². The van der Waals surface area contributed by atoms with E-state index in [1.807, 2.05) is 6.07 Å². The van der Waals surface area contributed by atoms with E-state index >= 15 is 0 Å². The Hall–Kier alpha value is -0.630. The molecule has 4 heteroatoms. The van der Waals surface area contributed by atoms with Crippen molar-refractivity contribution in [2.24, 2.45) is 0 Å². The van der Waals surface area contributed by atoms with Gasteiger partial charge in [0.25, 0.3) is 0 Å². The Kier molecular flexibility index (Phi) is 5.75. The normalized spacial score (nSPS) is 13.0. The molecule has 0 aliphatic carbocycles. The molecule has 0 radical (unpaired) electrons. The van der Waals surface area contributed by atoms with Gasteiger partial charge >= 0.3 is 0 Å². The molecule has 0 aromatic rings. The number of aliphatic hydroxyl groups excluding tert-OH is 1. The molecule has 0 saturated heterocycles. The molecule has 0 heterocycles. The van der Waals surface area contributed by atoms with E-state index in [2.05, 4.69) is 0 Å². The molecule has 11 heavy (non-hydrogen) atoms. The Balaban J connectivity index is 3.41. The average molecular weight is 158 g/mol. The van der Waals surface area contributed by atoms with Crippen LogP contribution in [0.2, 0.25) is 0 Å². The van der Waals surface area contributed by atoms with Crippen LogP contribution >= 0.6 is 0 Å². The van der Waals surface area contributed by atoms with Crippen molar-refractivity contribution in [1.29, 1.82) is 5.26 Å². The Morgan fingerprint density at radius 2 is 2.36 bits per heavy atom. The van der Waals surface area contributed by atoms with Crippen molar-refractivity contribution in [3.05, 3.63) is 0 Å². The summed E-state index contributed by atoms with van der Waals surface area (Å²) in [7, 11) is 3.32. The Labute approximate surface area is 67.0 Å². The van der Waals surface area contributed by atoms with Gasteiger partial charge in [-0.2, -0.15) is 5.26 Å². The molecule has 0 aromatic carbocycles. The van der Waals surface area contributed by atoms with Gasteiger partial charge in [-0.05, 0) is 7.05 Å². The van der Waals surface area contributed by atoms with Gasteiger partial charge < -0.3 is 9.84 Å². The highest BCUT2D eigenvalue weighted by molar-refractivity contribution is 4.75. The first kappa shape index (κ1) is 10.4. The summed E-state index contributed by atoms with van der Waals surface area (Å²) in [5.41, 5.74) is 0. The fourth-order valence-corrected chi connectivity index (χ4v) is 0.790. The van der Waals surface area contributed by atoms with Crippen LogP contribution in [0.4, 0.5) is 0 Å². The molecule has 1 N–H and O–H groups in total. The first-order valence-corrected chi connectivity index (χ1v) is 3.43. The molecule has 1 unspecified atom stereocenters. The maximum absolute atomic E-state index is 9.17. The van der Waals surface area contributed by atoms with Crippen molar-refractivity contribution >= 4 is 0 Å². The van der Waals surface area contributed by atoms with E-state index in [9.17, 15) is 5.11 Å². The van der Waals surface area contributed by atoms with Gasteiger partial charge in [0, 0.05) is 13.7 Å². The number of methoxy groups -OCH3 is 1. The fourth-order valence-electron chi connectivity index (χ4n) is 0.790. The van der Waals surface area contributed by atoms with Crippen LogP contribution in [0.3, 0.4) is 0 Å². The zero-order valence-electron chi connectivity index (χ0n) is 6.95. The molecule has 0 aliphatic heterocycles. The van der Waals surface area contributed by atoms with Crippen LogP contribution < -0.4 is 0 Å². The first-order chi connectivity index (χ1) is 5.20. The summed E-state index contributed by atoms with van der Waals surface area (Å²) in [6.45, 7) is 1.12. The summed E-state index contributed by atoms with van der Waals surface area (Å²) in [6, 6.07) is 1.99. The van der Waals surface area contributed by atoms with E-state index in [4.69, 9.17) is 10.00 Å². The molecule has 0 bridgehead atoms. The molecule has 0 amide bonds. The molecule has 0 aliphatic rings. The quantitative estimate of drug-likeness (QED) is 0.545. The largest absolute Gasteiger partial charge is 0.389 e. The second kappa shape index (κ2) is 6.10. The standard InChI is InChI=1S/C7H14N2O2/c1-9(4-3-8)5-7(10)6-11-2/h7,10H,4-6H2,1-2H3. The second-order valence-electron chi connectivity index (χ2n) is 2.46. The van der Waals surface area contributed by atoms with Gasteiger partial charge in [-0.25, -0.2) is 0 Å². The number of rotatable bonds is 5. The molecule has 0 aromatic heterocycles. The topological polar surface area (TPSA) is 56.5 Å². The Morgan fingerprint density at radius 1 is 1.73 bits per heavy atom. The molecule has 0 spiro atoms. The van der Waals surface area contributed by atoms with E-state index in [1.165, 1.54) is 7.11 Å². The average Bonchev–Trinajstić information content (AvgIpc) is 1.87. The smallest absolute Gasteiger partial charge is 0.0900 e. The highest BCUT2D eigenvalue weighted by atomic mass is 16.5. The second-order valence-corrected chi connectivity index (χ2v) is 2.46. The van der Waals surface area contributed by atoms with Crippen LogP contribution in [-0.4, -0.2) is 50.0 Å². The zero-order chi connectivity index (χ0) is 8.69. The Morgan fingerprint density at radius 3 is 2.82 bits per heavy atom. The summed E-state index contributed by atoms with van der Waals surface area (Å²) in [5.74, 6) is 0. The van der Waals surface area contributed by atoms with Crippen molar-refractivity contribution in [2.45, 2.75) is 6.10 Å². The summed E-state index contributed by atoms with van der Waals surface area (Å²) in [6.07, 6.45) is -0.502. The molecular formula is C7H14N2O2. The van der Waals surface area contributed by atoms with Crippen LogP contribution in [-0.2, 0) is 4.74 Å². The first-order valence-electron chi connectivity index (χ1n) is 3.43. The van der Waals surface area contributed by atoms with Gasteiger partial charge in [-0.15, -0.1) is 0 Å². The minimum Gasteiger partial charge on any atom is -0.389 e. The molecule has 0 fully saturated rings. The summed E-state index contributed by atoms with van der Waals surface area (Å²) < 4.78 is 4.72. The number of hydrogen-bond acceptors (Lipinski definition) is 4. The van der Waals surface area contributed by atoms with E-state index in [0.29, 0.717) is 19.7 Å². The molecular weight excluding hydrogens is 144 g/mol. The van der Waals surface area contributed by atoms with E-state index < -0.39 is 6.10 Å². The maximum Gasteiger partial charge on any atom is 0.0900 e. The van der Waals surface area contributed by atoms with Crippen LogP contribution in [0.5, 0.6) is 0 Å². The van der Waals surface area contributed by atoms with Crippen molar-refractivity contribution in [2.75, 3.05) is 33.9 Å². The summed E-state index contributed by atoms with van der Waals surface area (Å²) in [4.78, 5) is 1.74. The third-order valence-corrected chi connectivity index (χ3v) is 1.22. The molecule has 0 saturated carbocycles. The number of aliphatic hydroxyl groups is 1. The highest BCUT2D eigenvalue weighted by Gasteiger charge is 2.06. The molecule has 0 rings (SSSR count). The van der Waals surface area contributed by atoms with Gasteiger partial charge in [0.05, 0.1) is 25.3 Å². The monoisotopic (exact) mass is 158 g/mol. The molecule has 4 nitrogen and oxygen atoms in total. The van der Waals surface area contributed by atoms with Gasteiger partial charge in [0.15, 0.2) is 0 Å². The van der Waals surface area contributed by atoms with Crippen molar-refractivity contribution in [3.63, 3.8) is 0 Å². The highest BCUT2D eigenvalue weighted by Crippen LogP contribution is 1.88. The number of hydrogen-bond donors (Lipinski definition) is 1. The van der Waals surface area contributed by atoms with Crippen molar-refractivity contribution in [1.82, 2.24) is 4.90 Å². The lowest BCUT2D eigenvalue weighted by Crippen LogP contribution is -2.32. The zero-order valence-corrected chi connectivity index (χ0v) is 6.95. The summed E-state index contributed by atoms with van der Waals surface area (Å²) >= 11 is 0. The number of nitrogens with zero attached hydrogens (tertiary/aromatic N) is 2. The fraction of sp³-hybridized carbons (Fsp3) is 0.857. The number of nitriles is 1. The third kappa shape index (κ3) is 5.80. The van der Waals surface area contributed by atoms with Gasteiger partial charge in [0.2, 0.25) is 0 Å². The Bertz CT molecular complexity index is 133. The van der Waals surface area contributed by atoms with Crippen molar-refractivity contribution in [3.8, 4) is 6.07 Å². The molecule has 64 valence electrons. The predicted molar refractivity (Wildman–Crippen MR) is 41.0 cm³/mol. The van der Waals surface area contributed by atoms with Gasteiger partial charge in [0.1, 0.15) is 0 Å². The minimum absolute atomic E-state index is 0.315. The predicted octanol–water partition coefficient (Wildman–Crippen LogP) is -0.551. The lowest BCUT2D eigenvalue weighted by Gasteiger charge is -2.16. The molecule has 1 atom stereocenters. The van der Waals surface area contributed by atoms with E-state index in [1.54, 1.807) is 11.9 Å². The number of ether oxygens (including phenoxy) is 1. The minimum atomic E-state index is -0.502. The lowest BCUT2D eigenvalue weighted by atomic mass is 10.3. The van der Waals surface area contributed by atoms with Crippen molar-refractivity contribution < 1.29 is 9.84 Å². The van der Waals surface area contributed by atoms with Crippen LogP contribution in [0.1, 0.15) is 0 Å². The SMILES string of the molecule is COCC(O)CN(C)CC#N. The van der Waals surface area contributed by atoms with E-state index in [-0.39, 0.29) is 0 Å². The third-order valence-electron chi connectivity index (χ3n) is 1.22. The lowest BCUT2D eigenvalue weighted by molar-refractivity contribution is 0.0457. The number of likely N-dealkylation sites (N-methyl/N-ethyl adjacent to an activating group) is 1. The van der Waals surface area contributed by atoms with Gasteiger partial charge in [-0.3, -0.25) is 4.90 Å². The van der Waals surface area contributed by atoms with E-state index in [0.717, 1.165) is 0 Å². The van der Waals surface area contributed by atoms with Crippen LogP contribution in [0.15, 0.2) is 0 Å².